The molecule has 1 aliphatic heterocycles. The highest BCUT2D eigenvalue weighted by Crippen LogP contribution is 2.38. The molecule has 0 spiro atoms. The van der Waals surface area contributed by atoms with Gasteiger partial charge in [0.15, 0.2) is 0 Å². The van der Waals surface area contributed by atoms with Crippen LogP contribution >= 0.6 is 15.9 Å². The van der Waals surface area contributed by atoms with Crippen molar-refractivity contribution < 1.29 is 18.3 Å². The molecule has 0 radical (unpaired) electrons. The first-order valence-electron chi connectivity index (χ1n) is 3.92. The van der Waals surface area contributed by atoms with Crippen molar-refractivity contribution in [2.45, 2.75) is 4.90 Å². The van der Waals surface area contributed by atoms with Gasteiger partial charge in [0.1, 0.15) is 0 Å². The van der Waals surface area contributed by atoms with Crippen LogP contribution in [0.25, 0.3) is 5.57 Å². The number of hydrogen-bond donors (Lipinski definition) is 1. The minimum Gasteiger partial charge on any atom is -0.478 e. The fourth-order valence-corrected chi connectivity index (χ4v) is 3.58. The van der Waals surface area contributed by atoms with Crippen molar-refractivity contribution in [3.05, 3.63) is 33.6 Å². The van der Waals surface area contributed by atoms with Crippen molar-refractivity contribution in [2.24, 2.45) is 0 Å². The third-order valence-corrected chi connectivity index (χ3v) is 4.21. The molecule has 0 amide bonds. The Morgan fingerprint density at radius 2 is 2.00 bits per heavy atom. The van der Waals surface area contributed by atoms with Crippen molar-refractivity contribution in [3.63, 3.8) is 0 Å². The number of fused-ring (bicyclic) bond motifs is 1. The van der Waals surface area contributed by atoms with Crippen molar-refractivity contribution in [3.8, 4) is 0 Å². The van der Waals surface area contributed by atoms with E-state index < -0.39 is 15.8 Å². The number of sulfone groups is 1. The molecule has 15 heavy (non-hydrogen) atoms. The van der Waals surface area contributed by atoms with Gasteiger partial charge in [0.25, 0.3) is 0 Å². The van der Waals surface area contributed by atoms with Gasteiger partial charge in [-0.15, -0.1) is 0 Å². The lowest BCUT2D eigenvalue weighted by molar-refractivity contribution is -0.130. The number of aliphatic carboxylic acids is 1. The minimum atomic E-state index is -3.60. The number of carbonyl (C=O) groups is 1. The van der Waals surface area contributed by atoms with E-state index in [0.29, 0.717) is 4.47 Å². The lowest BCUT2D eigenvalue weighted by Crippen LogP contribution is -1.98. The lowest BCUT2D eigenvalue weighted by Gasteiger charge is -2.02. The van der Waals surface area contributed by atoms with Gasteiger partial charge in [-0.05, 0) is 12.1 Å². The Labute approximate surface area is 94.3 Å². The molecule has 0 bridgehead atoms. The summed E-state index contributed by atoms with van der Waals surface area (Å²) in [6.45, 7) is 0. The monoisotopic (exact) mass is 288 g/mol. The van der Waals surface area contributed by atoms with Gasteiger partial charge in [-0.3, -0.25) is 0 Å². The average molecular weight is 289 g/mol. The number of benzene rings is 1. The molecular formula is C9H5BrO4S. The van der Waals surface area contributed by atoms with Crippen molar-refractivity contribution >= 4 is 37.3 Å². The Kier molecular flexibility index (Phi) is 2.20. The Morgan fingerprint density at radius 3 is 2.60 bits per heavy atom. The predicted molar refractivity (Wildman–Crippen MR) is 56.9 cm³/mol. The summed E-state index contributed by atoms with van der Waals surface area (Å²) in [5, 5.41) is 9.65. The smallest absolute Gasteiger partial charge is 0.337 e. The van der Waals surface area contributed by atoms with Crippen LogP contribution < -0.4 is 0 Å². The zero-order chi connectivity index (χ0) is 11.2. The highest BCUT2D eigenvalue weighted by molar-refractivity contribution is 9.10. The summed E-state index contributed by atoms with van der Waals surface area (Å²) in [5.41, 5.74) is 0.0301. The van der Waals surface area contributed by atoms with E-state index in [1.54, 1.807) is 12.1 Å². The Hall–Kier alpha value is -1.14. The van der Waals surface area contributed by atoms with E-state index in [4.69, 9.17) is 5.11 Å². The van der Waals surface area contributed by atoms with Crippen LogP contribution in [-0.2, 0) is 14.6 Å². The molecule has 0 unspecified atom stereocenters. The number of carboxylic acids is 1. The van der Waals surface area contributed by atoms with Crippen LogP contribution in [0.15, 0.2) is 33.0 Å². The van der Waals surface area contributed by atoms with E-state index in [9.17, 15) is 13.2 Å². The summed E-state index contributed by atoms with van der Waals surface area (Å²) in [6.07, 6.45) is 0. The van der Waals surface area contributed by atoms with Crippen LogP contribution in [-0.4, -0.2) is 19.5 Å². The molecule has 0 aliphatic carbocycles. The van der Waals surface area contributed by atoms with Gasteiger partial charge in [0, 0.05) is 10.0 Å². The molecule has 6 heteroatoms. The van der Waals surface area contributed by atoms with E-state index in [1.165, 1.54) is 6.07 Å². The largest absolute Gasteiger partial charge is 0.478 e. The molecule has 1 N–H and O–H groups in total. The number of carboxylic acid groups (broad SMARTS) is 1. The maximum atomic E-state index is 11.6. The molecule has 1 aromatic carbocycles. The molecule has 4 nitrogen and oxygen atoms in total. The van der Waals surface area contributed by atoms with Gasteiger partial charge in [-0.2, -0.15) is 0 Å². The van der Waals surface area contributed by atoms with Crippen molar-refractivity contribution in [2.75, 3.05) is 0 Å². The maximum Gasteiger partial charge on any atom is 0.337 e. The first-order valence-corrected chi connectivity index (χ1v) is 6.26. The SMILES string of the molecule is O=C(O)C1=CS(=O)(=O)c2cccc(Br)c21. The molecule has 78 valence electrons. The van der Waals surface area contributed by atoms with Crippen LogP contribution in [0.3, 0.4) is 0 Å². The molecule has 0 atom stereocenters. The van der Waals surface area contributed by atoms with E-state index in [-0.39, 0.29) is 16.0 Å². The molecule has 0 saturated carbocycles. The van der Waals surface area contributed by atoms with Crippen LogP contribution in [0.1, 0.15) is 5.56 Å². The molecule has 0 fully saturated rings. The van der Waals surface area contributed by atoms with Gasteiger partial charge in [-0.25, -0.2) is 13.2 Å². The van der Waals surface area contributed by atoms with Gasteiger partial charge in [-0.1, -0.05) is 22.0 Å². The summed E-state index contributed by atoms with van der Waals surface area (Å²) in [6, 6.07) is 4.55. The average Bonchev–Trinajstić information content (AvgIpc) is 2.40. The van der Waals surface area contributed by atoms with Crippen LogP contribution in [0, 0.1) is 0 Å². The molecule has 1 aromatic rings. The Bertz CT molecular complexity index is 586. The number of rotatable bonds is 1. The normalized spacial score (nSPS) is 17.0. The van der Waals surface area contributed by atoms with Crippen molar-refractivity contribution in [1.29, 1.82) is 0 Å². The van der Waals surface area contributed by atoms with Crippen LogP contribution in [0.2, 0.25) is 0 Å². The van der Waals surface area contributed by atoms with Crippen LogP contribution in [0.4, 0.5) is 0 Å². The first-order chi connectivity index (χ1) is 6.93. The second-order valence-electron chi connectivity index (χ2n) is 2.99. The Balaban J connectivity index is 2.86. The zero-order valence-corrected chi connectivity index (χ0v) is 9.67. The molecular weight excluding hydrogens is 284 g/mol. The molecule has 0 aromatic heterocycles. The molecule has 1 aliphatic rings. The lowest BCUT2D eigenvalue weighted by atomic mass is 10.1. The Morgan fingerprint density at radius 1 is 1.33 bits per heavy atom. The highest BCUT2D eigenvalue weighted by atomic mass is 79.9. The number of halogens is 1. The zero-order valence-electron chi connectivity index (χ0n) is 7.27. The van der Waals surface area contributed by atoms with E-state index in [1.807, 2.05) is 0 Å². The fraction of sp³-hybridized carbons (Fsp3) is 0. The summed E-state index contributed by atoms with van der Waals surface area (Å²) in [4.78, 5) is 10.9. The minimum absolute atomic E-state index is 0.0364. The second-order valence-corrected chi connectivity index (χ2v) is 5.61. The third-order valence-electron chi connectivity index (χ3n) is 2.05. The van der Waals surface area contributed by atoms with Gasteiger partial charge in [0.2, 0.25) is 9.84 Å². The van der Waals surface area contributed by atoms with Gasteiger partial charge >= 0.3 is 5.97 Å². The van der Waals surface area contributed by atoms with E-state index in [0.717, 1.165) is 5.41 Å². The van der Waals surface area contributed by atoms with E-state index in [2.05, 4.69) is 15.9 Å². The van der Waals surface area contributed by atoms with E-state index >= 15 is 0 Å². The predicted octanol–water partition coefficient (Wildman–Crippen LogP) is 1.66. The number of hydrogen-bond acceptors (Lipinski definition) is 3. The highest BCUT2D eigenvalue weighted by Gasteiger charge is 2.31. The standard InChI is InChI=1S/C9H5BrO4S/c10-6-2-1-3-7-8(6)5(9(11)12)4-15(7,13)14/h1-4H,(H,11,12). The van der Waals surface area contributed by atoms with Gasteiger partial charge in [0.05, 0.1) is 15.9 Å². The van der Waals surface area contributed by atoms with Crippen molar-refractivity contribution in [1.82, 2.24) is 0 Å². The second kappa shape index (κ2) is 3.18. The summed E-state index contributed by atoms with van der Waals surface area (Å²) in [7, 11) is -3.60. The quantitative estimate of drug-likeness (QED) is 0.853. The van der Waals surface area contributed by atoms with Gasteiger partial charge < -0.3 is 5.11 Å². The molecule has 0 saturated heterocycles. The summed E-state index contributed by atoms with van der Waals surface area (Å²) >= 11 is 3.14. The third kappa shape index (κ3) is 1.49. The summed E-state index contributed by atoms with van der Waals surface area (Å²) in [5.74, 6) is -1.25. The topological polar surface area (TPSA) is 71.4 Å². The molecule has 1 heterocycles. The first kappa shape index (κ1) is 10.4. The fourth-order valence-electron chi connectivity index (χ4n) is 1.44. The molecule has 2 rings (SSSR count). The summed E-state index contributed by atoms with van der Waals surface area (Å²) < 4.78 is 23.6. The van der Waals surface area contributed by atoms with Crippen LogP contribution in [0.5, 0.6) is 0 Å². The maximum absolute atomic E-state index is 11.6.